The summed E-state index contributed by atoms with van der Waals surface area (Å²) in [4.78, 5) is 3.75. The van der Waals surface area contributed by atoms with Crippen LogP contribution < -0.4 is 0 Å². The van der Waals surface area contributed by atoms with E-state index in [4.69, 9.17) is 4.42 Å². The molecule has 0 unspecified atom stereocenters. The Kier molecular flexibility index (Phi) is 5.00. The van der Waals surface area contributed by atoms with Gasteiger partial charge in [0, 0.05) is 54.6 Å². The molecule has 7 aromatic carbocycles. The second-order valence-corrected chi connectivity index (χ2v) is 11.8. The Morgan fingerprint density at radius 1 is 0.422 bits per heavy atom. The summed E-state index contributed by atoms with van der Waals surface area (Å²) in [7, 11) is 0. The Hall–Kier alpha value is -6.06. The molecule has 0 amide bonds. The van der Waals surface area contributed by atoms with Crippen molar-refractivity contribution in [3.05, 3.63) is 152 Å². The number of fused-ring (bicyclic) bond motifs is 10. The molecule has 3 heteroatoms. The zero-order valence-corrected chi connectivity index (χ0v) is 24.3. The molecule has 0 atom stereocenters. The first-order valence-corrected chi connectivity index (χ1v) is 15.4. The molecular weight excluding hydrogens is 548 g/mol. The second kappa shape index (κ2) is 9.22. The largest absolute Gasteiger partial charge is 0.455 e. The molecule has 3 nitrogen and oxygen atoms in total. The van der Waals surface area contributed by atoms with Crippen molar-refractivity contribution in [1.82, 2.24) is 9.55 Å². The number of furan rings is 1. The summed E-state index contributed by atoms with van der Waals surface area (Å²) < 4.78 is 8.93. The molecule has 0 aliphatic carbocycles. The van der Waals surface area contributed by atoms with E-state index in [-0.39, 0.29) is 0 Å². The number of benzene rings is 7. The Morgan fingerprint density at radius 2 is 1.11 bits per heavy atom. The van der Waals surface area contributed by atoms with Gasteiger partial charge >= 0.3 is 0 Å². The molecule has 3 aromatic heterocycles. The van der Waals surface area contributed by atoms with Crippen LogP contribution in [0, 0.1) is 0 Å². The van der Waals surface area contributed by atoms with E-state index >= 15 is 0 Å². The molecule has 45 heavy (non-hydrogen) atoms. The predicted octanol–water partition coefficient (Wildman–Crippen LogP) is 11.7. The molecule has 1 N–H and O–H groups in total. The molecule has 0 saturated carbocycles. The van der Waals surface area contributed by atoms with Crippen molar-refractivity contribution in [3.63, 3.8) is 0 Å². The predicted molar refractivity (Wildman–Crippen MR) is 188 cm³/mol. The number of aromatic amines is 1. The first-order valence-electron chi connectivity index (χ1n) is 15.4. The minimum Gasteiger partial charge on any atom is -0.455 e. The van der Waals surface area contributed by atoms with Gasteiger partial charge in [0.2, 0.25) is 0 Å². The molecule has 210 valence electrons. The lowest BCUT2D eigenvalue weighted by Gasteiger charge is -2.10. The van der Waals surface area contributed by atoms with E-state index in [0.717, 1.165) is 44.2 Å². The molecule has 10 rings (SSSR count). The fourth-order valence-electron chi connectivity index (χ4n) is 7.39. The first-order chi connectivity index (χ1) is 22.3. The minimum absolute atomic E-state index is 0.912. The highest BCUT2D eigenvalue weighted by molar-refractivity contribution is 6.31. The van der Waals surface area contributed by atoms with Crippen LogP contribution in [-0.4, -0.2) is 9.55 Å². The fourth-order valence-corrected chi connectivity index (χ4v) is 7.39. The van der Waals surface area contributed by atoms with E-state index in [1.807, 2.05) is 6.07 Å². The van der Waals surface area contributed by atoms with Crippen LogP contribution in [-0.2, 0) is 0 Å². The van der Waals surface area contributed by atoms with E-state index in [2.05, 4.69) is 155 Å². The first kappa shape index (κ1) is 24.4. The quantitative estimate of drug-likeness (QED) is 0.224. The van der Waals surface area contributed by atoms with Crippen molar-refractivity contribution < 1.29 is 4.42 Å². The van der Waals surface area contributed by atoms with E-state index in [0.29, 0.717) is 0 Å². The Bertz CT molecular complexity index is 2740. The maximum absolute atomic E-state index is 6.52. The number of H-pyrrole nitrogens is 1. The molecule has 0 spiro atoms. The number of nitrogens with one attached hydrogen (secondary N) is 1. The zero-order chi connectivity index (χ0) is 29.5. The second-order valence-electron chi connectivity index (χ2n) is 11.8. The van der Waals surface area contributed by atoms with Gasteiger partial charge in [-0.3, -0.25) is 0 Å². The summed E-state index contributed by atoms with van der Waals surface area (Å²) in [6, 6.07) is 54.1. The van der Waals surface area contributed by atoms with Crippen LogP contribution in [0.2, 0.25) is 0 Å². The van der Waals surface area contributed by atoms with Gasteiger partial charge in [-0.2, -0.15) is 0 Å². The van der Waals surface area contributed by atoms with Crippen LogP contribution in [0.5, 0.6) is 0 Å². The number of nitrogens with zero attached hydrogens (tertiary/aromatic N) is 1. The van der Waals surface area contributed by atoms with Crippen molar-refractivity contribution in [2.24, 2.45) is 0 Å². The van der Waals surface area contributed by atoms with Gasteiger partial charge < -0.3 is 14.0 Å². The number of rotatable bonds is 3. The lowest BCUT2D eigenvalue weighted by atomic mass is 9.96. The molecular formula is C42H26N2O. The maximum atomic E-state index is 6.52. The van der Waals surface area contributed by atoms with Gasteiger partial charge in [-0.15, -0.1) is 0 Å². The van der Waals surface area contributed by atoms with Crippen LogP contribution >= 0.6 is 0 Å². The third-order valence-corrected chi connectivity index (χ3v) is 9.35. The van der Waals surface area contributed by atoms with E-state index in [1.54, 1.807) is 0 Å². The Balaban J connectivity index is 1.28. The van der Waals surface area contributed by atoms with Crippen LogP contribution in [0.1, 0.15) is 0 Å². The summed E-state index contributed by atoms with van der Waals surface area (Å²) in [5.74, 6) is 0. The number of para-hydroxylation sites is 3. The van der Waals surface area contributed by atoms with Crippen LogP contribution in [0.4, 0.5) is 0 Å². The standard InChI is InChI=1S/C42H26N2O/c1-2-10-26(11-3-1)27-20-22-28(23-21-27)44-36-18-6-4-13-33(36)40-37(44)25-24-35-41(40)39-30(14-9-17-34(39)43-35)32-16-8-15-31-29-12-5-7-19-38(29)45-42(31)32/h1-25,43H. The van der Waals surface area contributed by atoms with Crippen molar-refractivity contribution in [1.29, 1.82) is 0 Å². The van der Waals surface area contributed by atoms with E-state index in [1.165, 1.54) is 49.3 Å². The Labute approximate surface area is 258 Å². The number of aromatic nitrogens is 2. The molecule has 0 fully saturated rings. The summed E-state index contributed by atoms with van der Waals surface area (Å²) >= 11 is 0. The maximum Gasteiger partial charge on any atom is 0.143 e. The average molecular weight is 575 g/mol. The van der Waals surface area contributed by atoms with Crippen molar-refractivity contribution >= 4 is 65.6 Å². The van der Waals surface area contributed by atoms with Gasteiger partial charge in [0.15, 0.2) is 0 Å². The van der Waals surface area contributed by atoms with Crippen LogP contribution in [0.15, 0.2) is 156 Å². The van der Waals surface area contributed by atoms with Gasteiger partial charge in [0.1, 0.15) is 11.2 Å². The zero-order valence-electron chi connectivity index (χ0n) is 24.3. The topological polar surface area (TPSA) is 33.9 Å². The normalized spacial score (nSPS) is 12.0. The summed E-state index contributed by atoms with van der Waals surface area (Å²) in [6.07, 6.45) is 0. The molecule has 0 radical (unpaired) electrons. The highest BCUT2D eigenvalue weighted by Gasteiger charge is 2.21. The molecule has 0 aliphatic rings. The highest BCUT2D eigenvalue weighted by atomic mass is 16.3. The fraction of sp³-hybridized carbons (Fsp3) is 0. The number of hydrogen-bond donors (Lipinski definition) is 1. The molecule has 0 bridgehead atoms. The van der Waals surface area contributed by atoms with E-state index < -0.39 is 0 Å². The highest BCUT2D eigenvalue weighted by Crippen LogP contribution is 2.45. The van der Waals surface area contributed by atoms with Gasteiger partial charge in [0.25, 0.3) is 0 Å². The summed E-state index contributed by atoms with van der Waals surface area (Å²) in [6.45, 7) is 0. The monoisotopic (exact) mass is 574 g/mol. The lowest BCUT2D eigenvalue weighted by Crippen LogP contribution is -1.93. The SMILES string of the molecule is c1ccc(-c2ccc(-n3c4ccccc4c4c5c(ccc43)[nH]c3cccc(-c4cccc6c4oc4ccccc46)c35)cc2)cc1. The molecule has 3 heterocycles. The van der Waals surface area contributed by atoms with Gasteiger partial charge in [-0.05, 0) is 59.2 Å². The van der Waals surface area contributed by atoms with E-state index in [9.17, 15) is 0 Å². The molecule has 0 aliphatic heterocycles. The van der Waals surface area contributed by atoms with Gasteiger partial charge in [0.05, 0.1) is 11.0 Å². The Morgan fingerprint density at radius 3 is 2.00 bits per heavy atom. The molecule has 0 saturated heterocycles. The van der Waals surface area contributed by atoms with Gasteiger partial charge in [-0.25, -0.2) is 0 Å². The number of hydrogen-bond acceptors (Lipinski definition) is 1. The van der Waals surface area contributed by atoms with Crippen molar-refractivity contribution in [2.45, 2.75) is 0 Å². The van der Waals surface area contributed by atoms with Crippen LogP contribution in [0.3, 0.4) is 0 Å². The minimum atomic E-state index is 0.912. The molecule has 10 aromatic rings. The lowest BCUT2D eigenvalue weighted by molar-refractivity contribution is 0.670. The van der Waals surface area contributed by atoms with Crippen LogP contribution in [0.25, 0.3) is 93.5 Å². The third kappa shape index (κ3) is 3.46. The summed E-state index contributed by atoms with van der Waals surface area (Å²) in [5, 5.41) is 7.23. The smallest absolute Gasteiger partial charge is 0.143 e. The average Bonchev–Trinajstić information content (AvgIpc) is 3.78. The van der Waals surface area contributed by atoms with Crippen molar-refractivity contribution in [2.75, 3.05) is 0 Å². The summed E-state index contributed by atoms with van der Waals surface area (Å²) in [5.41, 5.74) is 12.3. The van der Waals surface area contributed by atoms with Crippen molar-refractivity contribution in [3.8, 4) is 27.9 Å². The van der Waals surface area contributed by atoms with Gasteiger partial charge in [-0.1, -0.05) is 109 Å². The third-order valence-electron chi connectivity index (χ3n) is 9.35.